The van der Waals surface area contributed by atoms with Crippen molar-refractivity contribution in [3.8, 4) is 0 Å². The third-order valence-electron chi connectivity index (χ3n) is 3.69. The van der Waals surface area contributed by atoms with Crippen molar-refractivity contribution in [2.75, 3.05) is 0 Å². The van der Waals surface area contributed by atoms with Gasteiger partial charge in [0, 0.05) is 9.68 Å². The molecule has 0 radical (unpaired) electrons. The Morgan fingerprint density at radius 1 is 1.40 bits per heavy atom. The van der Waals surface area contributed by atoms with Crippen LogP contribution in [0.5, 0.6) is 0 Å². The van der Waals surface area contributed by atoms with Crippen LogP contribution in [-0.4, -0.2) is 14.4 Å². The lowest BCUT2D eigenvalue weighted by Gasteiger charge is -2.12. The van der Waals surface area contributed by atoms with Crippen LogP contribution in [0, 0.1) is 0 Å². The highest BCUT2D eigenvalue weighted by Crippen LogP contribution is 2.21. The molecule has 0 bridgehead atoms. The van der Waals surface area contributed by atoms with Gasteiger partial charge in [0.05, 0.1) is 16.7 Å². The molecule has 1 unspecified atom stereocenters. The first-order valence-corrected chi connectivity index (χ1v) is 6.90. The molecule has 0 spiro atoms. The summed E-state index contributed by atoms with van der Waals surface area (Å²) in [6, 6.07) is 7.46. The number of aromatic nitrogens is 3. The van der Waals surface area contributed by atoms with Gasteiger partial charge in [0.2, 0.25) is 5.78 Å². The van der Waals surface area contributed by atoms with Gasteiger partial charge in [-0.3, -0.25) is 4.79 Å². The monoisotopic (exact) mass is 272 g/mol. The van der Waals surface area contributed by atoms with Crippen LogP contribution in [0.4, 0.5) is 0 Å². The Bertz CT molecular complexity index is 924. The molecule has 0 aliphatic heterocycles. The Morgan fingerprint density at radius 2 is 2.20 bits per heavy atom. The van der Waals surface area contributed by atoms with Crippen LogP contribution < -0.4 is 5.56 Å². The van der Waals surface area contributed by atoms with Gasteiger partial charge >= 0.3 is 0 Å². The molecule has 1 N–H and O–H groups in total. The molecule has 104 valence electrons. The predicted octanol–water partition coefficient (Wildman–Crippen LogP) is 3.25. The summed E-state index contributed by atoms with van der Waals surface area (Å²) in [6.45, 7) is 1.49. The van der Waals surface area contributed by atoms with Crippen molar-refractivity contribution in [2.24, 2.45) is 0 Å². The van der Waals surface area contributed by atoms with E-state index >= 15 is 0 Å². The van der Waals surface area contributed by atoms with Crippen LogP contribution in [0.2, 0.25) is 0 Å². The first-order chi connectivity index (χ1) is 10.9. The first kappa shape index (κ1) is 9.75. The summed E-state index contributed by atoms with van der Waals surface area (Å²) in [4.78, 5) is 20.6. The number of benzene rings is 1. The van der Waals surface area contributed by atoms with Crippen LogP contribution in [-0.2, 0) is 6.42 Å². The highest BCUT2D eigenvalue weighted by Gasteiger charge is 2.17. The van der Waals surface area contributed by atoms with Gasteiger partial charge in [0.15, 0.2) is 0 Å². The molecular formula is C16H19N3O. The smallest absolute Gasteiger partial charge is 0.263 e. The van der Waals surface area contributed by atoms with E-state index in [9.17, 15) is 4.79 Å². The van der Waals surface area contributed by atoms with Gasteiger partial charge in [-0.05, 0) is 30.9 Å². The number of nitrogens with one attached hydrogen (secondary N) is 1. The van der Waals surface area contributed by atoms with Crippen molar-refractivity contribution in [3.05, 3.63) is 45.9 Å². The normalized spacial score (nSPS) is 16.0. The summed E-state index contributed by atoms with van der Waals surface area (Å²) in [5, 5.41) is 0. The molecule has 4 heteroatoms. The zero-order valence-electron chi connectivity index (χ0n) is 14.6. The lowest BCUT2D eigenvalue weighted by atomic mass is 9.99. The highest BCUT2D eigenvalue weighted by molar-refractivity contribution is 5.79. The lowest BCUT2D eigenvalue weighted by molar-refractivity contribution is 0.690. The summed E-state index contributed by atoms with van der Waals surface area (Å²) in [5.41, 5.74) is 2.25. The van der Waals surface area contributed by atoms with Crippen molar-refractivity contribution in [2.45, 2.75) is 39.5 Å². The molecule has 0 saturated heterocycles. The molecule has 0 saturated carbocycles. The molecule has 4 nitrogen and oxygen atoms in total. The number of rotatable bonds is 3. The fourth-order valence-corrected chi connectivity index (χ4v) is 2.59. The molecule has 1 atom stereocenters. The lowest BCUT2D eigenvalue weighted by Crippen LogP contribution is -2.22. The summed E-state index contributed by atoms with van der Waals surface area (Å²) >= 11 is 0. The Labute approximate surface area is 121 Å². The van der Waals surface area contributed by atoms with Gasteiger partial charge in [-0.1, -0.05) is 32.8 Å². The second-order valence-electron chi connectivity index (χ2n) is 4.90. The largest absolute Gasteiger partial charge is 0.323 e. The average Bonchev–Trinajstić information content (AvgIpc) is 2.85. The molecule has 2 aromatic heterocycles. The summed E-state index contributed by atoms with van der Waals surface area (Å²) in [5.74, 6) is -0.340. The third-order valence-corrected chi connectivity index (χ3v) is 3.69. The van der Waals surface area contributed by atoms with Crippen molar-refractivity contribution >= 4 is 16.8 Å². The van der Waals surface area contributed by atoms with E-state index in [1.54, 1.807) is 0 Å². The molecule has 2 heterocycles. The van der Waals surface area contributed by atoms with E-state index in [0.29, 0.717) is 29.9 Å². The zero-order valence-corrected chi connectivity index (χ0v) is 11.6. The molecule has 0 amide bonds. The number of H-pyrrole nitrogens is 1. The topological polar surface area (TPSA) is 50.2 Å². The van der Waals surface area contributed by atoms with Gasteiger partial charge in [-0.25, -0.2) is 9.38 Å². The maximum atomic E-state index is 12.9. The minimum Gasteiger partial charge on any atom is -0.323 e. The standard InChI is InChI=1S/C16H19N3O/c1-4-10(3)14-11(5-2)15(20)19-13-9-7-6-8-12(13)17-16(19)18-14/h6-10H,4-5H2,1-3H3,(H,17,18)/i3D3. The second-order valence-corrected chi connectivity index (χ2v) is 4.90. The maximum Gasteiger partial charge on any atom is 0.263 e. The maximum absolute atomic E-state index is 12.9. The average molecular weight is 272 g/mol. The second kappa shape index (κ2) is 4.78. The summed E-state index contributed by atoms with van der Waals surface area (Å²) < 4.78 is 24.8. The van der Waals surface area contributed by atoms with Crippen LogP contribution in [0.15, 0.2) is 29.1 Å². The van der Waals surface area contributed by atoms with Gasteiger partial charge < -0.3 is 4.98 Å². The van der Waals surface area contributed by atoms with Gasteiger partial charge in [0.25, 0.3) is 5.56 Å². The summed E-state index contributed by atoms with van der Waals surface area (Å²) in [6.07, 6.45) is 0.864. The molecule has 3 aromatic rings. The molecule has 20 heavy (non-hydrogen) atoms. The van der Waals surface area contributed by atoms with Crippen LogP contribution in [0.1, 0.15) is 48.4 Å². The van der Waals surface area contributed by atoms with Crippen LogP contribution in [0.25, 0.3) is 16.8 Å². The van der Waals surface area contributed by atoms with E-state index in [1.807, 2.05) is 38.1 Å². The SMILES string of the molecule is [2H]C([2H])([2H])C(CC)c1nc2[nH]c3ccccc3n2c(=O)c1CC. The Morgan fingerprint density at radius 3 is 2.90 bits per heavy atom. The van der Waals surface area contributed by atoms with E-state index in [2.05, 4.69) is 9.97 Å². The number of hydrogen-bond donors (Lipinski definition) is 1. The van der Waals surface area contributed by atoms with Crippen LogP contribution in [0.3, 0.4) is 0 Å². The fraction of sp³-hybridized carbons (Fsp3) is 0.375. The van der Waals surface area contributed by atoms with E-state index < -0.39 is 12.8 Å². The summed E-state index contributed by atoms with van der Waals surface area (Å²) in [7, 11) is 0. The van der Waals surface area contributed by atoms with Gasteiger partial charge in [-0.2, -0.15) is 0 Å². The number of nitrogens with zero attached hydrogens (tertiary/aromatic N) is 2. The highest BCUT2D eigenvalue weighted by atomic mass is 16.1. The molecule has 0 aliphatic rings. The van der Waals surface area contributed by atoms with Crippen molar-refractivity contribution < 1.29 is 4.11 Å². The molecule has 0 aliphatic carbocycles. The molecule has 1 aromatic carbocycles. The number of aromatic amines is 1. The third kappa shape index (κ3) is 1.75. The van der Waals surface area contributed by atoms with Crippen LogP contribution >= 0.6 is 0 Å². The van der Waals surface area contributed by atoms with E-state index in [1.165, 1.54) is 4.40 Å². The number of hydrogen-bond acceptors (Lipinski definition) is 2. The zero-order chi connectivity index (χ0) is 16.8. The van der Waals surface area contributed by atoms with Gasteiger partial charge in [0.1, 0.15) is 0 Å². The quantitative estimate of drug-likeness (QED) is 0.795. The molecular weight excluding hydrogens is 250 g/mol. The Balaban J connectivity index is 2.40. The fourth-order valence-electron chi connectivity index (χ4n) is 2.59. The first-order valence-electron chi connectivity index (χ1n) is 8.40. The van der Waals surface area contributed by atoms with Crippen molar-refractivity contribution in [1.29, 1.82) is 0 Å². The van der Waals surface area contributed by atoms with E-state index in [0.717, 1.165) is 11.0 Å². The van der Waals surface area contributed by atoms with E-state index in [4.69, 9.17) is 4.11 Å². The van der Waals surface area contributed by atoms with E-state index in [-0.39, 0.29) is 5.56 Å². The number of para-hydroxylation sites is 2. The molecule has 0 fully saturated rings. The number of imidazole rings is 1. The van der Waals surface area contributed by atoms with Gasteiger partial charge in [-0.15, -0.1) is 0 Å². The Hall–Kier alpha value is -2.10. The Kier molecular flexibility index (Phi) is 2.33. The predicted molar refractivity (Wildman–Crippen MR) is 81.4 cm³/mol. The minimum absolute atomic E-state index is 0.187. The van der Waals surface area contributed by atoms with Crippen molar-refractivity contribution in [1.82, 2.24) is 14.4 Å². The number of fused-ring (bicyclic) bond motifs is 3. The van der Waals surface area contributed by atoms with Crippen molar-refractivity contribution in [3.63, 3.8) is 0 Å². The minimum atomic E-state index is -2.18. The molecule has 3 rings (SSSR count).